The number of carbonyl (C=O) groups excluding carboxylic acids is 1. The van der Waals surface area contributed by atoms with Gasteiger partial charge in [0.25, 0.3) is 5.69 Å². The number of rotatable bonds is 7. The lowest BCUT2D eigenvalue weighted by molar-refractivity contribution is -0.384. The summed E-state index contributed by atoms with van der Waals surface area (Å²) < 4.78 is 1.73. The predicted octanol–water partition coefficient (Wildman–Crippen LogP) is 3.57. The van der Waals surface area contributed by atoms with Crippen LogP contribution in [0.2, 0.25) is 0 Å². The molecule has 1 heterocycles. The Hall–Kier alpha value is -3.13. The number of amides is 1. The molecule has 0 saturated heterocycles. The predicted molar refractivity (Wildman–Crippen MR) is 100 cm³/mol. The lowest BCUT2D eigenvalue weighted by Crippen LogP contribution is -2.17. The second kappa shape index (κ2) is 8.30. The maximum atomic E-state index is 12.2. The van der Waals surface area contributed by atoms with Crippen LogP contribution in [-0.4, -0.2) is 26.4 Å². The van der Waals surface area contributed by atoms with Crippen LogP contribution in [0.15, 0.2) is 71.8 Å². The van der Waals surface area contributed by atoms with Crippen molar-refractivity contribution in [3.05, 3.63) is 82.5 Å². The topological polar surface area (TPSA) is 90.1 Å². The first-order valence-corrected chi connectivity index (χ1v) is 8.83. The summed E-state index contributed by atoms with van der Waals surface area (Å²) in [7, 11) is 0. The number of nitrogens with one attached hydrogen (secondary N) is 1. The fourth-order valence-corrected chi connectivity index (χ4v) is 3.01. The maximum absolute atomic E-state index is 12.2. The van der Waals surface area contributed by atoms with Crippen molar-refractivity contribution in [1.82, 2.24) is 9.78 Å². The molecule has 8 heteroatoms. The zero-order valence-corrected chi connectivity index (χ0v) is 14.6. The highest BCUT2D eigenvalue weighted by atomic mass is 32.2. The van der Waals surface area contributed by atoms with E-state index in [-0.39, 0.29) is 17.3 Å². The standard InChI is InChI=1S/C18H16N4O3S/c23-18(13-26-16-8-6-15(7-9-16)22(24)25)20-17-10-11-19-21(17)12-14-4-2-1-3-5-14/h1-11H,12-13H2,(H,20,23). The highest BCUT2D eigenvalue weighted by Crippen LogP contribution is 2.21. The van der Waals surface area contributed by atoms with Crippen molar-refractivity contribution >= 4 is 29.2 Å². The van der Waals surface area contributed by atoms with Crippen LogP contribution >= 0.6 is 11.8 Å². The third-order valence-corrected chi connectivity index (χ3v) is 4.59. The highest BCUT2D eigenvalue weighted by Gasteiger charge is 2.09. The summed E-state index contributed by atoms with van der Waals surface area (Å²) in [6.07, 6.45) is 1.64. The van der Waals surface area contributed by atoms with E-state index in [9.17, 15) is 14.9 Å². The van der Waals surface area contributed by atoms with Crippen LogP contribution in [-0.2, 0) is 11.3 Å². The van der Waals surface area contributed by atoms with E-state index >= 15 is 0 Å². The Morgan fingerprint density at radius 2 is 1.85 bits per heavy atom. The Kier molecular flexibility index (Phi) is 5.65. The quantitative estimate of drug-likeness (QED) is 0.391. The second-order valence-electron chi connectivity index (χ2n) is 5.45. The van der Waals surface area contributed by atoms with Crippen molar-refractivity contribution in [3.8, 4) is 0 Å². The van der Waals surface area contributed by atoms with Crippen LogP contribution in [0.25, 0.3) is 0 Å². The number of aromatic nitrogens is 2. The Balaban J connectivity index is 1.55. The van der Waals surface area contributed by atoms with Gasteiger partial charge in [-0.3, -0.25) is 14.9 Å². The minimum atomic E-state index is -0.449. The number of nitro benzene ring substituents is 1. The van der Waals surface area contributed by atoms with E-state index in [0.29, 0.717) is 12.4 Å². The fourth-order valence-electron chi connectivity index (χ4n) is 2.31. The molecule has 7 nitrogen and oxygen atoms in total. The number of thioether (sulfide) groups is 1. The van der Waals surface area contributed by atoms with Crippen LogP contribution < -0.4 is 5.32 Å². The zero-order valence-electron chi connectivity index (χ0n) is 13.7. The molecule has 0 bridgehead atoms. The summed E-state index contributed by atoms with van der Waals surface area (Å²) in [5, 5.41) is 17.7. The largest absolute Gasteiger partial charge is 0.310 e. The Labute approximate surface area is 154 Å². The van der Waals surface area contributed by atoms with Crippen LogP contribution in [0.5, 0.6) is 0 Å². The molecule has 0 radical (unpaired) electrons. The van der Waals surface area contributed by atoms with Gasteiger partial charge < -0.3 is 5.32 Å². The van der Waals surface area contributed by atoms with Crippen LogP contribution in [0.3, 0.4) is 0 Å². The molecule has 1 amide bonds. The van der Waals surface area contributed by atoms with E-state index in [0.717, 1.165) is 10.5 Å². The SMILES string of the molecule is O=C(CSc1ccc([N+](=O)[O-])cc1)Nc1ccnn1Cc1ccccc1. The third kappa shape index (κ3) is 4.70. The first-order valence-electron chi connectivity index (χ1n) is 7.84. The van der Waals surface area contributed by atoms with Gasteiger partial charge in [-0.1, -0.05) is 30.3 Å². The minimum absolute atomic E-state index is 0.0311. The van der Waals surface area contributed by atoms with E-state index in [2.05, 4.69) is 10.4 Å². The van der Waals surface area contributed by atoms with Crippen molar-refractivity contribution in [2.75, 3.05) is 11.1 Å². The van der Waals surface area contributed by atoms with Gasteiger partial charge in [-0.25, -0.2) is 4.68 Å². The van der Waals surface area contributed by atoms with Crippen molar-refractivity contribution in [1.29, 1.82) is 0 Å². The maximum Gasteiger partial charge on any atom is 0.269 e. The molecule has 0 saturated carbocycles. The number of nitrogens with zero attached hydrogens (tertiary/aromatic N) is 3. The molecule has 0 aliphatic rings. The third-order valence-electron chi connectivity index (χ3n) is 3.58. The van der Waals surface area contributed by atoms with Crippen molar-refractivity contribution in [3.63, 3.8) is 0 Å². The molecular weight excluding hydrogens is 352 g/mol. The lowest BCUT2D eigenvalue weighted by atomic mass is 10.2. The number of benzene rings is 2. The number of nitro groups is 1. The van der Waals surface area contributed by atoms with E-state index in [1.165, 1.54) is 23.9 Å². The number of non-ortho nitro benzene ring substituents is 1. The molecule has 0 unspecified atom stereocenters. The Morgan fingerprint density at radius 3 is 2.54 bits per heavy atom. The molecule has 132 valence electrons. The molecular formula is C18H16N4O3S. The first kappa shape index (κ1) is 17.7. The molecule has 3 aromatic rings. The average Bonchev–Trinajstić information content (AvgIpc) is 3.08. The molecule has 3 rings (SSSR count). The van der Waals surface area contributed by atoms with Crippen molar-refractivity contribution in [2.45, 2.75) is 11.4 Å². The molecule has 1 N–H and O–H groups in total. The smallest absolute Gasteiger partial charge is 0.269 e. The molecule has 0 fully saturated rings. The molecule has 0 spiro atoms. The molecule has 0 atom stereocenters. The van der Waals surface area contributed by atoms with Gasteiger partial charge in [-0.05, 0) is 17.7 Å². The summed E-state index contributed by atoms with van der Waals surface area (Å²) in [5.41, 5.74) is 1.12. The number of hydrogen-bond acceptors (Lipinski definition) is 5. The summed E-state index contributed by atoms with van der Waals surface area (Å²) in [5.74, 6) is 0.667. The summed E-state index contributed by atoms with van der Waals surface area (Å²) in [6, 6.07) is 17.7. The summed E-state index contributed by atoms with van der Waals surface area (Å²) in [6.45, 7) is 0.568. The van der Waals surface area contributed by atoms with E-state index in [1.54, 1.807) is 29.1 Å². The highest BCUT2D eigenvalue weighted by molar-refractivity contribution is 8.00. The normalized spacial score (nSPS) is 10.5. The van der Waals surface area contributed by atoms with E-state index in [1.807, 2.05) is 30.3 Å². The van der Waals surface area contributed by atoms with Gasteiger partial charge >= 0.3 is 0 Å². The van der Waals surface area contributed by atoms with Gasteiger partial charge in [0, 0.05) is 23.1 Å². The van der Waals surface area contributed by atoms with Crippen LogP contribution in [0.1, 0.15) is 5.56 Å². The fraction of sp³-hybridized carbons (Fsp3) is 0.111. The molecule has 26 heavy (non-hydrogen) atoms. The average molecular weight is 368 g/mol. The summed E-state index contributed by atoms with van der Waals surface area (Å²) in [4.78, 5) is 23.2. The first-order chi connectivity index (χ1) is 12.6. The second-order valence-corrected chi connectivity index (χ2v) is 6.50. The van der Waals surface area contributed by atoms with Gasteiger partial charge in [0.15, 0.2) is 0 Å². The summed E-state index contributed by atoms with van der Waals surface area (Å²) >= 11 is 1.32. The van der Waals surface area contributed by atoms with Gasteiger partial charge in [-0.2, -0.15) is 5.10 Å². The molecule has 0 aliphatic heterocycles. The van der Waals surface area contributed by atoms with Gasteiger partial charge in [0.1, 0.15) is 5.82 Å². The van der Waals surface area contributed by atoms with Crippen molar-refractivity contribution < 1.29 is 9.72 Å². The molecule has 2 aromatic carbocycles. The van der Waals surface area contributed by atoms with Crippen molar-refractivity contribution in [2.24, 2.45) is 0 Å². The van der Waals surface area contributed by atoms with E-state index < -0.39 is 4.92 Å². The number of carbonyl (C=O) groups is 1. The molecule has 0 aliphatic carbocycles. The number of anilines is 1. The monoisotopic (exact) mass is 368 g/mol. The Bertz CT molecular complexity index is 894. The van der Waals surface area contributed by atoms with E-state index in [4.69, 9.17) is 0 Å². The van der Waals surface area contributed by atoms with Gasteiger partial charge in [-0.15, -0.1) is 11.8 Å². The lowest BCUT2D eigenvalue weighted by Gasteiger charge is -2.09. The zero-order chi connectivity index (χ0) is 18.4. The van der Waals surface area contributed by atoms with Gasteiger partial charge in [0.05, 0.1) is 23.4 Å². The van der Waals surface area contributed by atoms with Crippen LogP contribution in [0.4, 0.5) is 11.5 Å². The molecule has 1 aromatic heterocycles. The number of hydrogen-bond donors (Lipinski definition) is 1. The minimum Gasteiger partial charge on any atom is -0.310 e. The van der Waals surface area contributed by atoms with Gasteiger partial charge in [0.2, 0.25) is 5.91 Å². The Morgan fingerprint density at radius 1 is 1.12 bits per heavy atom. The van der Waals surface area contributed by atoms with Crippen LogP contribution in [0, 0.1) is 10.1 Å².